The lowest BCUT2D eigenvalue weighted by atomic mass is 10.2. The van der Waals surface area contributed by atoms with Gasteiger partial charge in [-0.2, -0.15) is 0 Å². The Hall–Kier alpha value is -0.313. The van der Waals surface area contributed by atoms with Crippen LogP contribution in [0.15, 0.2) is 0 Å². The second-order valence-electron chi connectivity index (χ2n) is 5.55. The van der Waals surface area contributed by atoms with Crippen LogP contribution in [0.5, 0.6) is 0 Å². The molecule has 0 aromatic heterocycles. The summed E-state index contributed by atoms with van der Waals surface area (Å²) in [5.74, 6) is 0.262. The number of carbonyl (C=O) groups is 1. The van der Waals surface area contributed by atoms with Crippen LogP contribution in [0.1, 0.15) is 34.1 Å². The Morgan fingerprint density at radius 1 is 0.909 bits per heavy atom. The van der Waals surface area contributed by atoms with Gasteiger partial charge in [0.05, 0.1) is 6.17 Å². The molecule has 22 heavy (non-hydrogen) atoms. The van der Waals surface area contributed by atoms with Gasteiger partial charge in [0, 0.05) is 59.0 Å². The monoisotopic (exact) mass is 332 g/mol. The van der Waals surface area contributed by atoms with Crippen molar-refractivity contribution in [3.63, 3.8) is 0 Å². The summed E-state index contributed by atoms with van der Waals surface area (Å²) in [6, 6.07) is 0. The molecule has 0 aromatic rings. The van der Waals surface area contributed by atoms with Gasteiger partial charge in [-0.25, -0.2) is 0 Å². The summed E-state index contributed by atoms with van der Waals surface area (Å²) in [6.07, 6.45) is 1.40. The zero-order chi connectivity index (χ0) is 16.4. The lowest BCUT2D eigenvalue weighted by molar-refractivity contribution is -0.117. The van der Waals surface area contributed by atoms with Crippen LogP contribution < -0.4 is 0 Å². The molecule has 0 spiro atoms. The zero-order valence-corrected chi connectivity index (χ0v) is 15.6. The van der Waals surface area contributed by atoms with Crippen molar-refractivity contribution in [3.05, 3.63) is 0 Å². The molecule has 7 heteroatoms. The van der Waals surface area contributed by atoms with E-state index in [4.69, 9.17) is 13.3 Å². The molecular weight excluding hydrogens is 300 g/mol. The minimum absolute atomic E-state index is 0.262. The Kier molecular flexibility index (Phi) is 9.38. The molecule has 0 N–H and O–H groups in total. The van der Waals surface area contributed by atoms with Gasteiger partial charge in [0.15, 0.2) is 0 Å². The number of carbonyl (C=O) groups excluding carboxylic acids is 1. The Balaban J connectivity index is 2.48. The van der Waals surface area contributed by atoms with E-state index < -0.39 is 8.80 Å². The van der Waals surface area contributed by atoms with Crippen molar-refractivity contribution in [1.82, 2.24) is 9.80 Å². The molecule has 0 bridgehead atoms. The average Bonchev–Trinajstić information content (AvgIpc) is 2.47. The first-order valence-electron chi connectivity index (χ1n) is 8.41. The van der Waals surface area contributed by atoms with Gasteiger partial charge in [0.1, 0.15) is 5.78 Å². The van der Waals surface area contributed by atoms with E-state index in [0.717, 1.165) is 38.9 Å². The van der Waals surface area contributed by atoms with Gasteiger partial charge < -0.3 is 18.2 Å². The third-order valence-electron chi connectivity index (χ3n) is 3.76. The Morgan fingerprint density at radius 3 is 1.77 bits per heavy atom. The summed E-state index contributed by atoms with van der Waals surface area (Å²) in [4.78, 5) is 15.8. The smallest absolute Gasteiger partial charge is 0.373 e. The molecule has 0 aliphatic carbocycles. The highest BCUT2D eigenvalue weighted by Crippen LogP contribution is 2.14. The van der Waals surface area contributed by atoms with Crippen LogP contribution in [0.3, 0.4) is 0 Å². The molecule has 1 aliphatic rings. The van der Waals surface area contributed by atoms with Crippen LogP contribution in [-0.4, -0.2) is 83.1 Å². The lowest BCUT2D eigenvalue weighted by Crippen LogP contribution is -2.59. The number of piperazine rings is 1. The van der Waals surface area contributed by atoms with Gasteiger partial charge in [-0.3, -0.25) is 9.69 Å². The normalized spacial score (nSPS) is 17.8. The second-order valence-corrected chi connectivity index (χ2v) is 8.10. The third kappa shape index (κ3) is 6.85. The lowest BCUT2D eigenvalue weighted by Gasteiger charge is -2.38. The summed E-state index contributed by atoms with van der Waals surface area (Å²) >= 11 is 0. The van der Waals surface area contributed by atoms with E-state index in [2.05, 4.69) is 9.80 Å². The van der Waals surface area contributed by atoms with E-state index in [1.807, 2.05) is 20.8 Å². The Bertz CT molecular complexity index is 306. The summed E-state index contributed by atoms with van der Waals surface area (Å²) in [7, 11) is -2.59. The molecule has 1 heterocycles. The summed E-state index contributed by atoms with van der Waals surface area (Å²) < 4.78 is 17.7. The van der Waals surface area contributed by atoms with Crippen molar-refractivity contribution < 1.29 is 18.1 Å². The average molecular weight is 333 g/mol. The molecule has 1 aliphatic heterocycles. The molecular formula is C15H32N2O4Si. The summed E-state index contributed by atoms with van der Waals surface area (Å²) in [5, 5.41) is 0. The van der Waals surface area contributed by atoms with Crippen LogP contribution in [0, 0.1) is 0 Å². The largest absolute Gasteiger partial charge is 0.515 e. The van der Waals surface area contributed by atoms with Crippen molar-refractivity contribution in [1.29, 1.82) is 0 Å². The van der Waals surface area contributed by atoms with Crippen LogP contribution in [0.25, 0.3) is 0 Å². The second kappa shape index (κ2) is 10.5. The van der Waals surface area contributed by atoms with Gasteiger partial charge in [0.25, 0.3) is 0 Å². The van der Waals surface area contributed by atoms with Crippen molar-refractivity contribution in [2.24, 2.45) is 0 Å². The number of rotatable bonds is 11. The molecule has 0 radical (unpaired) electrons. The maximum Gasteiger partial charge on any atom is 0.515 e. The van der Waals surface area contributed by atoms with E-state index >= 15 is 0 Å². The van der Waals surface area contributed by atoms with Crippen LogP contribution in [0.4, 0.5) is 0 Å². The predicted molar refractivity (Wildman–Crippen MR) is 88.8 cm³/mol. The fourth-order valence-electron chi connectivity index (χ4n) is 2.68. The minimum atomic E-state index is -2.59. The molecule has 0 amide bonds. The van der Waals surface area contributed by atoms with Gasteiger partial charge in [-0.1, -0.05) is 0 Å². The maximum atomic E-state index is 11.1. The fourth-order valence-corrected chi connectivity index (χ4v) is 5.39. The van der Waals surface area contributed by atoms with Crippen molar-refractivity contribution in [2.45, 2.75) is 34.1 Å². The fraction of sp³-hybridized carbons (Fsp3) is 0.933. The van der Waals surface area contributed by atoms with Crippen molar-refractivity contribution >= 4 is 14.6 Å². The first kappa shape index (κ1) is 19.7. The van der Waals surface area contributed by atoms with E-state index in [9.17, 15) is 4.79 Å². The molecule has 1 fully saturated rings. The van der Waals surface area contributed by atoms with Crippen molar-refractivity contribution in [2.75, 3.05) is 58.7 Å². The van der Waals surface area contributed by atoms with Crippen LogP contribution >= 0.6 is 0 Å². The van der Waals surface area contributed by atoms with Crippen LogP contribution in [0.2, 0.25) is 0 Å². The SMILES string of the molecule is CCO[Si](CN1CCN(CCC(C)=O)CC1)(OCC)OCC. The summed E-state index contributed by atoms with van der Waals surface area (Å²) in [6.45, 7) is 14.2. The molecule has 0 saturated carbocycles. The number of nitrogens with zero attached hydrogens (tertiary/aromatic N) is 2. The number of Topliss-reactive ketones (excluding diaryl/α,β-unsaturated/α-hetero) is 1. The maximum absolute atomic E-state index is 11.1. The predicted octanol–water partition coefficient (Wildman–Crippen LogP) is 1.17. The van der Waals surface area contributed by atoms with Gasteiger partial charge in [0.2, 0.25) is 0 Å². The first-order chi connectivity index (χ1) is 10.5. The Morgan fingerprint density at radius 2 is 1.36 bits per heavy atom. The van der Waals surface area contributed by atoms with Gasteiger partial charge >= 0.3 is 8.80 Å². The van der Waals surface area contributed by atoms with E-state index in [-0.39, 0.29) is 5.78 Å². The topological polar surface area (TPSA) is 51.2 Å². The van der Waals surface area contributed by atoms with E-state index in [1.54, 1.807) is 6.92 Å². The molecule has 1 saturated heterocycles. The number of ketones is 1. The highest BCUT2D eigenvalue weighted by Gasteiger charge is 2.42. The quantitative estimate of drug-likeness (QED) is 0.530. The van der Waals surface area contributed by atoms with E-state index in [0.29, 0.717) is 26.2 Å². The number of hydrogen-bond donors (Lipinski definition) is 0. The van der Waals surface area contributed by atoms with Gasteiger partial charge in [-0.05, 0) is 27.7 Å². The molecule has 0 atom stereocenters. The highest BCUT2D eigenvalue weighted by atomic mass is 28.4. The standard InChI is InChI=1S/C15H32N2O4Si/c1-5-19-22(20-6-2,21-7-3)14-17-12-10-16(11-13-17)9-8-15(4)18/h5-14H2,1-4H3. The third-order valence-corrected chi connectivity index (χ3v) is 6.78. The molecule has 6 nitrogen and oxygen atoms in total. The number of hydrogen-bond acceptors (Lipinski definition) is 6. The van der Waals surface area contributed by atoms with Crippen LogP contribution in [-0.2, 0) is 18.1 Å². The molecule has 1 rings (SSSR count). The summed E-state index contributed by atoms with van der Waals surface area (Å²) in [5.41, 5.74) is 0. The highest BCUT2D eigenvalue weighted by molar-refractivity contribution is 6.60. The van der Waals surface area contributed by atoms with Crippen molar-refractivity contribution in [3.8, 4) is 0 Å². The molecule has 0 unspecified atom stereocenters. The van der Waals surface area contributed by atoms with E-state index in [1.165, 1.54) is 0 Å². The first-order valence-corrected chi connectivity index (χ1v) is 10.3. The van der Waals surface area contributed by atoms with Gasteiger partial charge in [-0.15, -0.1) is 0 Å². The molecule has 130 valence electrons. The molecule has 0 aromatic carbocycles. The Labute approximate surface area is 136 Å². The zero-order valence-electron chi connectivity index (χ0n) is 14.6. The minimum Gasteiger partial charge on any atom is -0.373 e.